The van der Waals surface area contributed by atoms with Gasteiger partial charge in [-0.05, 0) is 13.0 Å². The first-order valence-corrected chi connectivity index (χ1v) is 6.03. The lowest BCUT2D eigenvalue weighted by molar-refractivity contribution is 0.0697. The lowest BCUT2D eigenvalue weighted by Gasteiger charge is -2.04. The smallest absolute Gasteiger partial charge is 0.339 e. The van der Waals surface area contributed by atoms with Crippen LogP contribution in [0.2, 0.25) is 0 Å². The number of aromatic nitrogens is 3. The molecule has 0 saturated heterocycles. The topological polar surface area (TPSA) is 70.9 Å². The number of carboxylic acids is 1. The predicted octanol–water partition coefficient (Wildman–Crippen LogP) is 2.71. The Balaban J connectivity index is 2.41. The first kappa shape index (κ1) is 12.4. The van der Waals surface area contributed by atoms with Crippen LogP contribution < -0.4 is 0 Å². The molecule has 0 bridgehead atoms. The highest BCUT2D eigenvalue weighted by molar-refractivity contribution is 6.03. The summed E-state index contributed by atoms with van der Waals surface area (Å²) < 4.78 is 15.3. The molecule has 3 rings (SSSR count). The van der Waals surface area contributed by atoms with Gasteiger partial charge in [0.1, 0.15) is 11.4 Å². The number of aromatic carboxylic acids is 1. The van der Waals surface area contributed by atoms with Crippen LogP contribution in [0.4, 0.5) is 4.39 Å². The molecule has 0 spiro atoms. The second-order valence-electron chi connectivity index (χ2n) is 4.62. The Labute approximate surface area is 113 Å². The number of nitrogens with one attached hydrogen (secondary N) is 1. The van der Waals surface area contributed by atoms with Crippen molar-refractivity contribution in [1.29, 1.82) is 0 Å². The maximum Gasteiger partial charge on any atom is 0.339 e. The van der Waals surface area contributed by atoms with Crippen LogP contribution in [0.3, 0.4) is 0 Å². The Morgan fingerprint density at radius 3 is 2.90 bits per heavy atom. The minimum absolute atomic E-state index is 0.0979. The highest BCUT2D eigenvalue weighted by atomic mass is 19.1. The van der Waals surface area contributed by atoms with Gasteiger partial charge in [0.25, 0.3) is 0 Å². The number of rotatable bonds is 2. The number of para-hydroxylation sites is 1. The maximum absolute atomic E-state index is 13.8. The number of H-pyrrole nitrogens is 1. The van der Waals surface area contributed by atoms with Crippen LogP contribution in [0.5, 0.6) is 0 Å². The summed E-state index contributed by atoms with van der Waals surface area (Å²) in [7, 11) is 1.67. The number of aryl methyl sites for hydroxylation is 2. The van der Waals surface area contributed by atoms with Crippen molar-refractivity contribution < 1.29 is 14.3 Å². The Morgan fingerprint density at radius 1 is 1.45 bits per heavy atom. The molecule has 0 amide bonds. The lowest BCUT2D eigenvalue weighted by Crippen LogP contribution is -2.01. The molecule has 0 aliphatic heterocycles. The fourth-order valence-corrected chi connectivity index (χ4v) is 2.51. The average Bonchev–Trinajstić information content (AvgIpc) is 2.90. The van der Waals surface area contributed by atoms with Crippen molar-refractivity contribution >= 4 is 16.9 Å². The molecule has 2 heterocycles. The third-order valence-electron chi connectivity index (χ3n) is 3.38. The van der Waals surface area contributed by atoms with Crippen LogP contribution in [0.25, 0.3) is 22.2 Å². The zero-order chi connectivity index (χ0) is 14.4. The van der Waals surface area contributed by atoms with Crippen molar-refractivity contribution in [1.82, 2.24) is 14.8 Å². The van der Waals surface area contributed by atoms with E-state index in [1.165, 1.54) is 16.9 Å². The Morgan fingerprint density at radius 2 is 2.20 bits per heavy atom. The van der Waals surface area contributed by atoms with Gasteiger partial charge in [0, 0.05) is 23.7 Å². The summed E-state index contributed by atoms with van der Waals surface area (Å²) >= 11 is 0. The number of hydrogen-bond acceptors (Lipinski definition) is 2. The summed E-state index contributed by atoms with van der Waals surface area (Å²) in [5.74, 6) is -1.42. The largest absolute Gasteiger partial charge is 0.478 e. The molecule has 102 valence electrons. The minimum atomic E-state index is -1.06. The number of carbonyl (C=O) groups is 1. The molecule has 0 fully saturated rings. The van der Waals surface area contributed by atoms with Gasteiger partial charge in [0.05, 0.1) is 17.4 Å². The van der Waals surface area contributed by atoms with E-state index in [0.717, 1.165) is 0 Å². The SMILES string of the molecule is Cc1[nH]c2c(F)cccc2c1-c1c(C(=O)O)cnn1C. The van der Waals surface area contributed by atoms with E-state index in [9.17, 15) is 14.3 Å². The van der Waals surface area contributed by atoms with E-state index in [2.05, 4.69) is 10.1 Å². The van der Waals surface area contributed by atoms with E-state index in [4.69, 9.17) is 0 Å². The summed E-state index contributed by atoms with van der Waals surface area (Å²) in [4.78, 5) is 14.3. The third-order valence-corrected chi connectivity index (χ3v) is 3.38. The second-order valence-corrected chi connectivity index (χ2v) is 4.62. The van der Waals surface area contributed by atoms with Gasteiger partial charge in [-0.25, -0.2) is 9.18 Å². The molecule has 0 saturated carbocycles. The Bertz CT molecular complexity index is 832. The number of fused-ring (bicyclic) bond motifs is 1. The highest BCUT2D eigenvalue weighted by Crippen LogP contribution is 2.34. The Hall–Kier alpha value is -2.63. The molecule has 5 nitrogen and oxygen atoms in total. The average molecular weight is 273 g/mol. The van der Waals surface area contributed by atoms with Crippen molar-refractivity contribution in [3.63, 3.8) is 0 Å². The van der Waals surface area contributed by atoms with Gasteiger partial charge in [0.15, 0.2) is 0 Å². The van der Waals surface area contributed by atoms with E-state index >= 15 is 0 Å². The fourth-order valence-electron chi connectivity index (χ4n) is 2.51. The number of carboxylic acid groups (broad SMARTS) is 1. The second kappa shape index (κ2) is 4.19. The number of hydrogen-bond donors (Lipinski definition) is 2. The maximum atomic E-state index is 13.8. The number of aromatic amines is 1. The van der Waals surface area contributed by atoms with Gasteiger partial charge < -0.3 is 10.1 Å². The van der Waals surface area contributed by atoms with E-state index < -0.39 is 5.97 Å². The van der Waals surface area contributed by atoms with Crippen LogP contribution in [-0.2, 0) is 7.05 Å². The van der Waals surface area contributed by atoms with Crippen molar-refractivity contribution in [2.24, 2.45) is 7.05 Å². The van der Waals surface area contributed by atoms with Crippen molar-refractivity contribution in [3.8, 4) is 11.3 Å². The third kappa shape index (κ3) is 1.61. The summed E-state index contributed by atoms with van der Waals surface area (Å²) in [6, 6.07) is 4.73. The predicted molar refractivity (Wildman–Crippen MR) is 72.2 cm³/mol. The minimum Gasteiger partial charge on any atom is -0.478 e. The first-order chi connectivity index (χ1) is 9.50. The zero-order valence-corrected chi connectivity index (χ0v) is 10.9. The van der Waals surface area contributed by atoms with Gasteiger partial charge in [0.2, 0.25) is 0 Å². The van der Waals surface area contributed by atoms with E-state index in [0.29, 0.717) is 27.9 Å². The molecule has 0 atom stereocenters. The van der Waals surface area contributed by atoms with Crippen LogP contribution in [0.1, 0.15) is 16.1 Å². The van der Waals surface area contributed by atoms with Crippen LogP contribution in [0, 0.1) is 12.7 Å². The molecule has 0 aliphatic rings. The molecule has 0 unspecified atom stereocenters. The van der Waals surface area contributed by atoms with Gasteiger partial charge in [-0.15, -0.1) is 0 Å². The first-order valence-electron chi connectivity index (χ1n) is 6.03. The van der Waals surface area contributed by atoms with Crippen LogP contribution in [-0.4, -0.2) is 25.8 Å². The Kier molecular flexibility index (Phi) is 2.60. The number of nitrogens with zero attached hydrogens (tertiary/aromatic N) is 2. The fraction of sp³-hybridized carbons (Fsp3) is 0.143. The van der Waals surface area contributed by atoms with E-state index in [1.54, 1.807) is 26.1 Å². The number of benzene rings is 1. The molecule has 1 aromatic carbocycles. The number of halogens is 1. The molecule has 0 aliphatic carbocycles. The molecular formula is C14H12FN3O2. The molecular weight excluding hydrogens is 261 g/mol. The highest BCUT2D eigenvalue weighted by Gasteiger charge is 2.22. The van der Waals surface area contributed by atoms with Gasteiger partial charge in [-0.2, -0.15) is 5.10 Å². The normalized spacial score (nSPS) is 11.2. The summed E-state index contributed by atoms with van der Waals surface area (Å²) in [5.41, 5.74) is 2.30. The van der Waals surface area contributed by atoms with Crippen molar-refractivity contribution in [2.45, 2.75) is 6.92 Å². The molecule has 2 N–H and O–H groups in total. The lowest BCUT2D eigenvalue weighted by atomic mass is 10.0. The summed E-state index contributed by atoms with van der Waals surface area (Å²) in [6.07, 6.45) is 1.30. The molecule has 6 heteroatoms. The molecule has 20 heavy (non-hydrogen) atoms. The molecule has 0 radical (unpaired) electrons. The summed E-state index contributed by atoms with van der Waals surface area (Å²) in [6.45, 7) is 1.79. The monoisotopic (exact) mass is 273 g/mol. The van der Waals surface area contributed by atoms with Gasteiger partial charge >= 0.3 is 5.97 Å². The van der Waals surface area contributed by atoms with Crippen molar-refractivity contribution in [3.05, 3.63) is 41.5 Å². The van der Waals surface area contributed by atoms with Crippen molar-refractivity contribution in [2.75, 3.05) is 0 Å². The standard InChI is InChI=1S/C14H12FN3O2/c1-7-11(8-4-3-5-10(15)12(8)17-7)13-9(14(19)20)6-16-18(13)2/h3-6,17H,1-2H3,(H,19,20). The molecule has 3 aromatic rings. The van der Waals surface area contributed by atoms with Gasteiger partial charge in [-0.3, -0.25) is 4.68 Å². The van der Waals surface area contributed by atoms with E-state index in [-0.39, 0.29) is 11.4 Å². The zero-order valence-electron chi connectivity index (χ0n) is 10.9. The quantitative estimate of drug-likeness (QED) is 0.754. The molecule has 2 aromatic heterocycles. The van der Waals surface area contributed by atoms with Gasteiger partial charge in [-0.1, -0.05) is 12.1 Å². The van der Waals surface area contributed by atoms with Crippen LogP contribution in [0.15, 0.2) is 24.4 Å². The van der Waals surface area contributed by atoms with E-state index in [1.807, 2.05) is 0 Å². The van der Waals surface area contributed by atoms with Crippen LogP contribution >= 0.6 is 0 Å². The summed E-state index contributed by atoms with van der Waals surface area (Å²) in [5, 5.41) is 13.9.